The van der Waals surface area contributed by atoms with Crippen LogP contribution in [-0.4, -0.2) is 23.2 Å². The van der Waals surface area contributed by atoms with Crippen LogP contribution >= 0.6 is 39.1 Å². The third-order valence-electron chi connectivity index (χ3n) is 3.76. The summed E-state index contributed by atoms with van der Waals surface area (Å²) in [6.07, 6.45) is 1.65. The molecule has 0 spiro atoms. The first-order chi connectivity index (χ1) is 11.5. The highest BCUT2D eigenvalue weighted by atomic mass is 79.9. The van der Waals surface area contributed by atoms with Gasteiger partial charge in [0.25, 0.3) is 5.91 Å². The molecule has 1 aliphatic rings. The average molecular weight is 427 g/mol. The maximum Gasteiger partial charge on any atom is 0.274 e. The van der Waals surface area contributed by atoms with Crippen molar-refractivity contribution in [3.05, 3.63) is 62.0 Å². The zero-order chi connectivity index (χ0) is 17.3. The maximum absolute atomic E-state index is 12.6. The molecule has 1 aliphatic heterocycles. The van der Waals surface area contributed by atoms with Gasteiger partial charge in [0.1, 0.15) is 0 Å². The van der Waals surface area contributed by atoms with E-state index in [1.807, 2.05) is 18.2 Å². The fourth-order valence-corrected chi connectivity index (χ4v) is 3.15. The molecule has 2 N–H and O–H groups in total. The number of hydrazone groups is 1. The van der Waals surface area contributed by atoms with Gasteiger partial charge in [0.2, 0.25) is 0 Å². The summed E-state index contributed by atoms with van der Waals surface area (Å²) in [5.74, 6) is -0.194. The van der Waals surface area contributed by atoms with Crippen LogP contribution in [0.3, 0.4) is 0 Å². The van der Waals surface area contributed by atoms with Crippen molar-refractivity contribution in [2.24, 2.45) is 5.10 Å². The number of nitrogen functional groups attached to an aromatic ring is 1. The zero-order valence-electron chi connectivity index (χ0n) is 12.6. The highest BCUT2D eigenvalue weighted by molar-refractivity contribution is 9.10. The van der Waals surface area contributed by atoms with Crippen molar-refractivity contribution in [3.8, 4) is 0 Å². The van der Waals surface area contributed by atoms with Gasteiger partial charge in [-0.05, 0) is 64.7 Å². The molecule has 0 radical (unpaired) electrons. The summed E-state index contributed by atoms with van der Waals surface area (Å²) >= 11 is 15.3. The smallest absolute Gasteiger partial charge is 0.274 e. The Balaban J connectivity index is 1.89. The average Bonchev–Trinajstić information content (AvgIpc) is 2.59. The van der Waals surface area contributed by atoms with E-state index in [2.05, 4.69) is 21.0 Å². The van der Waals surface area contributed by atoms with Gasteiger partial charge in [0.05, 0.1) is 15.8 Å². The molecular weight excluding hydrogens is 413 g/mol. The van der Waals surface area contributed by atoms with Crippen LogP contribution < -0.4 is 5.73 Å². The topological polar surface area (TPSA) is 58.7 Å². The van der Waals surface area contributed by atoms with Crippen LogP contribution in [0.2, 0.25) is 10.0 Å². The van der Waals surface area contributed by atoms with E-state index in [1.165, 1.54) is 5.01 Å². The lowest BCUT2D eigenvalue weighted by molar-refractivity contribution is 0.0751. The Morgan fingerprint density at radius 1 is 1.17 bits per heavy atom. The molecule has 0 aromatic heterocycles. The monoisotopic (exact) mass is 425 g/mol. The van der Waals surface area contributed by atoms with Gasteiger partial charge in [-0.1, -0.05) is 29.3 Å². The van der Waals surface area contributed by atoms with E-state index in [4.69, 9.17) is 28.9 Å². The number of nitrogens with two attached hydrogens (primary N) is 1. The minimum atomic E-state index is -0.194. The molecule has 124 valence electrons. The maximum atomic E-state index is 12.6. The van der Waals surface area contributed by atoms with Crippen molar-refractivity contribution in [1.82, 2.24) is 5.01 Å². The summed E-state index contributed by atoms with van der Waals surface area (Å²) < 4.78 is 0.815. The molecule has 0 aliphatic carbocycles. The van der Waals surface area contributed by atoms with Crippen molar-refractivity contribution in [3.63, 3.8) is 0 Å². The second kappa shape index (κ2) is 7.13. The fourth-order valence-electron chi connectivity index (χ4n) is 2.48. The molecule has 2 aromatic carbocycles. The second-order valence-electron chi connectivity index (χ2n) is 5.44. The first kappa shape index (κ1) is 17.3. The molecule has 0 atom stereocenters. The summed E-state index contributed by atoms with van der Waals surface area (Å²) in [7, 11) is 0. The van der Waals surface area contributed by atoms with E-state index in [0.29, 0.717) is 27.8 Å². The van der Waals surface area contributed by atoms with Gasteiger partial charge in [-0.25, -0.2) is 5.01 Å². The fraction of sp³-hybridized carbons (Fsp3) is 0.176. The Morgan fingerprint density at radius 3 is 2.67 bits per heavy atom. The predicted molar refractivity (Wildman–Crippen MR) is 102 cm³/mol. The molecule has 1 amide bonds. The largest absolute Gasteiger partial charge is 0.398 e. The van der Waals surface area contributed by atoms with E-state index in [1.54, 1.807) is 18.2 Å². The number of nitrogens with zero attached hydrogens (tertiary/aromatic N) is 2. The van der Waals surface area contributed by atoms with Crippen LogP contribution in [0.5, 0.6) is 0 Å². The van der Waals surface area contributed by atoms with Crippen molar-refractivity contribution >= 4 is 56.4 Å². The molecule has 0 saturated carbocycles. The summed E-state index contributed by atoms with van der Waals surface area (Å²) in [6.45, 7) is 0.568. The SMILES string of the molecule is Nc1ccc(C2=NN(C(=O)c3ccc(Cl)c(Cl)c3)CCC2)cc1Br. The van der Waals surface area contributed by atoms with Gasteiger partial charge < -0.3 is 5.73 Å². The molecule has 0 fully saturated rings. The van der Waals surface area contributed by atoms with Crippen LogP contribution in [0.1, 0.15) is 28.8 Å². The Labute approximate surface area is 158 Å². The van der Waals surface area contributed by atoms with E-state index in [0.717, 1.165) is 28.6 Å². The van der Waals surface area contributed by atoms with Gasteiger partial charge in [0, 0.05) is 22.3 Å². The standard InChI is InChI=1S/C17H14BrCl2N3O/c18-12-8-10(4-6-15(12)21)16-2-1-7-23(22-16)17(24)11-3-5-13(19)14(20)9-11/h3-6,8-9H,1-2,7,21H2. The van der Waals surface area contributed by atoms with Gasteiger partial charge in [0.15, 0.2) is 0 Å². The van der Waals surface area contributed by atoms with E-state index in [-0.39, 0.29) is 5.91 Å². The molecular formula is C17H14BrCl2N3O. The van der Waals surface area contributed by atoms with E-state index in [9.17, 15) is 4.79 Å². The number of halogens is 3. The van der Waals surface area contributed by atoms with Crippen LogP contribution in [-0.2, 0) is 0 Å². The summed E-state index contributed by atoms with van der Waals surface area (Å²) in [6, 6.07) is 10.5. The van der Waals surface area contributed by atoms with E-state index < -0.39 is 0 Å². The summed E-state index contributed by atoms with van der Waals surface area (Å²) in [5.41, 5.74) is 8.76. The minimum Gasteiger partial charge on any atom is -0.398 e. The molecule has 3 rings (SSSR count). The Morgan fingerprint density at radius 2 is 1.96 bits per heavy atom. The third kappa shape index (κ3) is 3.58. The van der Waals surface area contributed by atoms with Crippen LogP contribution in [0.4, 0.5) is 5.69 Å². The number of amides is 1. The second-order valence-corrected chi connectivity index (χ2v) is 7.11. The lowest BCUT2D eigenvalue weighted by atomic mass is 10.0. The van der Waals surface area contributed by atoms with Crippen molar-refractivity contribution in [2.75, 3.05) is 12.3 Å². The number of hydrogen-bond acceptors (Lipinski definition) is 3. The number of carbonyl (C=O) groups is 1. The van der Waals surface area contributed by atoms with Gasteiger partial charge in [-0.3, -0.25) is 4.79 Å². The van der Waals surface area contributed by atoms with Gasteiger partial charge in [-0.2, -0.15) is 5.10 Å². The summed E-state index contributed by atoms with van der Waals surface area (Å²) in [5, 5.41) is 6.76. The quantitative estimate of drug-likeness (QED) is 0.688. The molecule has 2 aromatic rings. The molecule has 0 bridgehead atoms. The van der Waals surface area contributed by atoms with Gasteiger partial charge >= 0.3 is 0 Å². The first-order valence-corrected chi connectivity index (χ1v) is 8.90. The Bertz CT molecular complexity index is 839. The number of benzene rings is 2. The van der Waals surface area contributed by atoms with Crippen molar-refractivity contribution in [1.29, 1.82) is 0 Å². The lowest BCUT2D eigenvalue weighted by Gasteiger charge is -2.24. The molecule has 24 heavy (non-hydrogen) atoms. The number of carbonyl (C=O) groups excluding carboxylic acids is 1. The number of hydrogen-bond donors (Lipinski definition) is 1. The third-order valence-corrected chi connectivity index (χ3v) is 5.19. The van der Waals surface area contributed by atoms with E-state index >= 15 is 0 Å². The van der Waals surface area contributed by atoms with Crippen molar-refractivity contribution < 1.29 is 4.79 Å². The normalized spacial score (nSPS) is 14.5. The molecule has 7 heteroatoms. The number of anilines is 1. The van der Waals surface area contributed by atoms with Gasteiger partial charge in [-0.15, -0.1) is 0 Å². The van der Waals surface area contributed by atoms with Crippen molar-refractivity contribution in [2.45, 2.75) is 12.8 Å². The molecule has 0 unspecified atom stereocenters. The van der Waals surface area contributed by atoms with Crippen LogP contribution in [0, 0.1) is 0 Å². The Kier molecular flexibility index (Phi) is 5.13. The van der Waals surface area contributed by atoms with Crippen LogP contribution in [0.15, 0.2) is 46.0 Å². The first-order valence-electron chi connectivity index (χ1n) is 7.35. The number of rotatable bonds is 2. The molecule has 0 saturated heterocycles. The van der Waals surface area contributed by atoms with Crippen LogP contribution in [0.25, 0.3) is 0 Å². The highest BCUT2D eigenvalue weighted by Gasteiger charge is 2.21. The molecule has 1 heterocycles. The Hall–Kier alpha value is -1.56. The summed E-state index contributed by atoms with van der Waals surface area (Å²) in [4.78, 5) is 12.6. The highest BCUT2D eigenvalue weighted by Crippen LogP contribution is 2.26. The predicted octanol–water partition coefficient (Wildman–Crippen LogP) is 4.98. The lowest BCUT2D eigenvalue weighted by Crippen LogP contribution is -2.32. The minimum absolute atomic E-state index is 0.194. The molecule has 4 nitrogen and oxygen atoms in total. The zero-order valence-corrected chi connectivity index (χ0v) is 15.7.